The van der Waals surface area contributed by atoms with E-state index < -0.39 is 11.9 Å². The van der Waals surface area contributed by atoms with E-state index in [1.807, 2.05) is 30.3 Å². The Bertz CT molecular complexity index is 765. The Kier molecular flexibility index (Phi) is 6.72. The number of halogens is 1. The fourth-order valence-corrected chi connectivity index (χ4v) is 2.70. The highest BCUT2D eigenvalue weighted by atomic mass is 19.1. The molecule has 0 heterocycles. The number of hydrogen-bond acceptors (Lipinski definition) is 3. The first kappa shape index (κ1) is 19.4. The average Bonchev–Trinajstić information content (AvgIpc) is 2.61. The second kappa shape index (κ2) is 8.99. The minimum Gasteiger partial charge on any atom is -0.494 e. The molecule has 0 spiro atoms. The van der Waals surface area contributed by atoms with Crippen molar-refractivity contribution in [1.82, 2.24) is 10.6 Å². The van der Waals surface area contributed by atoms with Crippen LogP contribution in [0.4, 0.5) is 4.39 Å². The number of amides is 2. The molecule has 2 aromatic carbocycles. The minimum absolute atomic E-state index is 0.0899. The van der Waals surface area contributed by atoms with E-state index in [0.29, 0.717) is 5.56 Å². The number of carbonyl (C=O) groups excluding carboxylic acids is 2. The molecular formula is C20H23FN2O3. The van der Waals surface area contributed by atoms with E-state index in [1.165, 1.54) is 26.2 Å². The van der Waals surface area contributed by atoms with Gasteiger partial charge in [-0.25, -0.2) is 4.39 Å². The summed E-state index contributed by atoms with van der Waals surface area (Å²) < 4.78 is 18.7. The SMILES string of the molecule is COc1ccc([C@H](C)NC(=O)C[C@H](NC(C)=O)c2ccccc2)cc1F. The van der Waals surface area contributed by atoms with E-state index in [1.54, 1.807) is 13.0 Å². The van der Waals surface area contributed by atoms with Crippen molar-refractivity contribution in [3.8, 4) is 5.75 Å². The number of carbonyl (C=O) groups is 2. The molecule has 2 amide bonds. The molecule has 5 nitrogen and oxygen atoms in total. The Morgan fingerprint density at radius 3 is 2.35 bits per heavy atom. The maximum atomic E-state index is 13.8. The Morgan fingerprint density at radius 2 is 1.77 bits per heavy atom. The van der Waals surface area contributed by atoms with Gasteiger partial charge in [0, 0.05) is 6.92 Å². The van der Waals surface area contributed by atoms with Crippen LogP contribution < -0.4 is 15.4 Å². The van der Waals surface area contributed by atoms with Crippen molar-refractivity contribution in [3.63, 3.8) is 0 Å². The van der Waals surface area contributed by atoms with Crippen molar-refractivity contribution in [2.24, 2.45) is 0 Å². The molecule has 0 aliphatic heterocycles. The highest BCUT2D eigenvalue weighted by Gasteiger charge is 2.19. The van der Waals surface area contributed by atoms with Crippen LogP contribution in [0.2, 0.25) is 0 Å². The van der Waals surface area contributed by atoms with Gasteiger partial charge in [-0.05, 0) is 30.2 Å². The zero-order valence-corrected chi connectivity index (χ0v) is 15.1. The summed E-state index contributed by atoms with van der Waals surface area (Å²) in [5, 5.41) is 5.62. The summed E-state index contributed by atoms with van der Waals surface area (Å²) in [4.78, 5) is 23.9. The van der Waals surface area contributed by atoms with E-state index in [0.717, 1.165) is 5.56 Å². The molecule has 0 unspecified atom stereocenters. The summed E-state index contributed by atoms with van der Waals surface area (Å²) in [6, 6.07) is 13.1. The van der Waals surface area contributed by atoms with E-state index >= 15 is 0 Å². The molecule has 0 aliphatic carbocycles. The fraction of sp³-hybridized carbons (Fsp3) is 0.300. The van der Waals surface area contributed by atoms with Crippen molar-refractivity contribution in [1.29, 1.82) is 0 Å². The molecule has 0 radical (unpaired) electrons. The maximum absolute atomic E-state index is 13.8. The number of ether oxygens (including phenoxy) is 1. The lowest BCUT2D eigenvalue weighted by atomic mass is 10.0. The molecule has 6 heteroatoms. The van der Waals surface area contributed by atoms with Crippen LogP contribution in [0.3, 0.4) is 0 Å². The van der Waals surface area contributed by atoms with Gasteiger partial charge in [0.1, 0.15) is 0 Å². The van der Waals surface area contributed by atoms with Crippen LogP contribution >= 0.6 is 0 Å². The second-order valence-electron chi connectivity index (χ2n) is 6.05. The molecule has 2 aromatic rings. The second-order valence-corrected chi connectivity index (χ2v) is 6.05. The standard InChI is InChI=1S/C20H23FN2O3/c1-13(16-9-10-19(26-3)17(21)11-16)22-20(25)12-18(23-14(2)24)15-7-5-4-6-8-15/h4-11,13,18H,12H2,1-3H3,(H,22,25)(H,23,24)/t13-,18-/m0/s1. The zero-order valence-electron chi connectivity index (χ0n) is 15.1. The van der Waals surface area contributed by atoms with Crippen molar-refractivity contribution in [3.05, 3.63) is 65.5 Å². The Morgan fingerprint density at radius 1 is 1.08 bits per heavy atom. The number of hydrogen-bond donors (Lipinski definition) is 2. The van der Waals surface area contributed by atoms with Crippen LogP contribution in [0, 0.1) is 5.82 Å². The molecule has 0 aromatic heterocycles. The molecule has 0 fully saturated rings. The van der Waals surface area contributed by atoms with Gasteiger partial charge in [0.15, 0.2) is 11.6 Å². The van der Waals surface area contributed by atoms with Crippen molar-refractivity contribution >= 4 is 11.8 Å². The van der Waals surface area contributed by atoms with E-state index in [4.69, 9.17) is 4.74 Å². The zero-order chi connectivity index (χ0) is 19.1. The average molecular weight is 358 g/mol. The lowest BCUT2D eigenvalue weighted by Crippen LogP contribution is -2.33. The van der Waals surface area contributed by atoms with Crippen LogP contribution in [-0.2, 0) is 9.59 Å². The number of rotatable bonds is 7. The lowest BCUT2D eigenvalue weighted by Gasteiger charge is -2.20. The molecule has 2 atom stereocenters. The predicted molar refractivity (Wildman–Crippen MR) is 97.1 cm³/mol. The molecule has 0 aliphatic rings. The predicted octanol–water partition coefficient (Wildman–Crippen LogP) is 3.28. The summed E-state index contributed by atoms with van der Waals surface area (Å²) in [5.41, 5.74) is 1.48. The fourth-order valence-electron chi connectivity index (χ4n) is 2.70. The highest BCUT2D eigenvalue weighted by molar-refractivity contribution is 5.79. The largest absolute Gasteiger partial charge is 0.494 e. The summed E-state index contributed by atoms with van der Waals surface area (Å²) in [6.07, 6.45) is 0.0899. The van der Waals surface area contributed by atoms with Gasteiger partial charge in [-0.15, -0.1) is 0 Å². The van der Waals surface area contributed by atoms with Gasteiger partial charge < -0.3 is 15.4 Å². The molecule has 2 rings (SSSR count). The van der Waals surface area contributed by atoms with Gasteiger partial charge in [0.2, 0.25) is 11.8 Å². The third kappa shape index (κ3) is 5.31. The molecule has 0 saturated heterocycles. The Hall–Kier alpha value is -2.89. The minimum atomic E-state index is -0.480. The van der Waals surface area contributed by atoms with Gasteiger partial charge in [0.25, 0.3) is 0 Å². The topological polar surface area (TPSA) is 67.4 Å². The first-order valence-electron chi connectivity index (χ1n) is 8.35. The summed E-state index contributed by atoms with van der Waals surface area (Å²) in [5.74, 6) is -0.776. The van der Waals surface area contributed by atoms with Gasteiger partial charge in [-0.1, -0.05) is 36.4 Å². The van der Waals surface area contributed by atoms with Gasteiger partial charge >= 0.3 is 0 Å². The molecular weight excluding hydrogens is 335 g/mol. The number of nitrogens with one attached hydrogen (secondary N) is 2. The van der Waals surface area contributed by atoms with E-state index in [-0.39, 0.29) is 30.0 Å². The summed E-state index contributed by atoms with van der Waals surface area (Å²) >= 11 is 0. The van der Waals surface area contributed by atoms with Crippen LogP contribution in [0.5, 0.6) is 5.75 Å². The Balaban J connectivity index is 2.05. The van der Waals surface area contributed by atoms with Crippen LogP contribution in [0.1, 0.15) is 43.5 Å². The maximum Gasteiger partial charge on any atom is 0.222 e. The first-order valence-corrected chi connectivity index (χ1v) is 8.35. The molecule has 0 saturated carbocycles. The monoisotopic (exact) mass is 358 g/mol. The number of methoxy groups -OCH3 is 1. The third-order valence-electron chi connectivity index (χ3n) is 4.02. The molecule has 2 N–H and O–H groups in total. The number of benzene rings is 2. The van der Waals surface area contributed by atoms with E-state index in [9.17, 15) is 14.0 Å². The van der Waals surface area contributed by atoms with Gasteiger partial charge in [0.05, 0.1) is 25.6 Å². The molecule has 26 heavy (non-hydrogen) atoms. The van der Waals surface area contributed by atoms with Crippen LogP contribution in [-0.4, -0.2) is 18.9 Å². The highest BCUT2D eigenvalue weighted by Crippen LogP contribution is 2.22. The summed E-state index contributed by atoms with van der Waals surface area (Å²) in [7, 11) is 1.40. The van der Waals surface area contributed by atoms with Crippen molar-refractivity contribution in [2.45, 2.75) is 32.4 Å². The summed E-state index contributed by atoms with van der Waals surface area (Å²) in [6.45, 7) is 3.19. The quantitative estimate of drug-likeness (QED) is 0.798. The van der Waals surface area contributed by atoms with Crippen LogP contribution in [0.15, 0.2) is 48.5 Å². The van der Waals surface area contributed by atoms with Crippen LogP contribution in [0.25, 0.3) is 0 Å². The first-order chi connectivity index (χ1) is 12.4. The van der Waals surface area contributed by atoms with Gasteiger partial charge in [-0.3, -0.25) is 9.59 Å². The lowest BCUT2D eigenvalue weighted by molar-refractivity contribution is -0.123. The van der Waals surface area contributed by atoms with Crippen molar-refractivity contribution in [2.75, 3.05) is 7.11 Å². The molecule has 0 bridgehead atoms. The third-order valence-corrected chi connectivity index (χ3v) is 4.02. The normalized spacial score (nSPS) is 12.8. The molecule has 138 valence electrons. The van der Waals surface area contributed by atoms with E-state index in [2.05, 4.69) is 10.6 Å². The Labute approximate surface area is 152 Å². The van der Waals surface area contributed by atoms with Gasteiger partial charge in [-0.2, -0.15) is 0 Å². The van der Waals surface area contributed by atoms with Crippen molar-refractivity contribution < 1.29 is 18.7 Å². The smallest absolute Gasteiger partial charge is 0.222 e.